The van der Waals surface area contributed by atoms with Gasteiger partial charge in [-0.2, -0.15) is 8.78 Å². The van der Waals surface area contributed by atoms with Crippen LogP contribution in [0.3, 0.4) is 0 Å². The van der Waals surface area contributed by atoms with Gasteiger partial charge < -0.3 is 24.3 Å². The van der Waals surface area contributed by atoms with Gasteiger partial charge in [-0.25, -0.2) is 0 Å². The second-order valence-corrected chi connectivity index (χ2v) is 6.44. The summed E-state index contributed by atoms with van der Waals surface area (Å²) in [4.78, 5) is 23.2. The minimum atomic E-state index is -3.23. The van der Waals surface area contributed by atoms with Gasteiger partial charge >= 0.3 is 6.61 Å². The minimum Gasteiger partial charge on any atom is -0.493 e. The molecule has 1 aliphatic rings. The van der Waals surface area contributed by atoms with Crippen molar-refractivity contribution in [1.29, 1.82) is 0 Å². The molecule has 0 fully saturated rings. The lowest BCUT2D eigenvalue weighted by atomic mass is 10.1. The normalized spacial score (nSPS) is 12.4. The third-order valence-electron chi connectivity index (χ3n) is 3.82. The Morgan fingerprint density at radius 1 is 1.21 bits per heavy atom. The average molecular weight is 475 g/mol. The minimum absolute atomic E-state index is 0.262. The Morgan fingerprint density at radius 2 is 1.86 bits per heavy atom. The Balaban J connectivity index is 1.97. The van der Waals surface area contributed by atoms with Gasteiger partial charge in [0.2, 0.25) is 0 Å². The molecule has 1 aliphatic heterocycles. The molecule has 0 radical (unpaired) electrons. The van der Waals surface area contributed by atoms with Crippen LogP contribution in [-0.2, 0) is 0 Å². The summed E-state index contributed by atoms with van der Waals surface area (Å²) in [7, 11) is 1.15. The van der Waals surface area contributed by atoms with Crippen LogP contribution in [0.15, 0.2) is 28.7 Å². The molecule has 0 atom stereocenters. The van der Waals surface area contributed by atoms with Crippen molar-refractivity contribution in [1.82, 2.24) is 0 Å². The van der Waals surface area contributed by atoms with Crippen LogP contribution in [0.2, 0.25) is 0 Å². The van der Waals surface area contributed by atoms with Crippen LogP contribution < -0.4 is 24.3 Å². The third-order valence-corrected chi connectivity index (χ3v) is 4.48. The van der Waals surface area contributed by atoms with E-state index in [1.807, 2.05) is 0 Å². The third kappa shape index (κ3) is 4.47. The molecule has 0 saturated carbocycles. The largest absolute Gasteiger partial charge is 0.493 e. The van der Waals surface area contributed by atoms with E-state index in [9.17, 15) is 23.7 Å². The van der Waals surface area contributed by atoms with Crippen LogP contribution in [-0.4, -0.2) is 37.8 Å². The van der Waals surface area contributed by atoms with E-state index in [0.29, 0.717) is 35.3 Å². The van der Waals surface area contributed by atoms with Crippen molar-refractivity contribution in [2.45, 2.75) is 6.61 Å². The lowest BCUT2D eigenvalue weighted by molar-refractivity contribution is -0.385. The summed E-state index contributed by atoms with van der Waals surface area (Å²) in [5, 5.41) is 13.9. The Labute approximate surface area is 170 Å². The number of nitrogens with one attached hydrogen (secondary N) is 1. The van der Waals surface area contributed by atoms with Crippen molar-refractivity contribution >= 4 is 33.2 Å². The zero-order valence-corrected chi connectivity index (χ0v) is 16.3. The van der Waals surface area contributed by atoms with Crippen molar-refractivity contribution in [2.75, 3.05) is 25.6 Å². The maximum atomic E-state index is 12.7. The van der Waals surface area contributed by atoms with Gasteiger partial charge in [-0.15, -0.1) is 0 Å². The maximum Gasteiger partial charge on any atom is 0.387 e. The Kier molecular flexibility index (Phi) is 6.01. The lowest BCUT2D eigenvalue weighted by Gasteiger charge is -2.20. The molecule has 1 N–H and O–H groups in total. The van der Waals surface area contributed by atoms with Crippen LogP contribution in [0.1, 0.15) is 10.4 Å². The number of ether oxygens (including phenoxy) is 4. The highest BCUT2D eigenvalue weighted by Gasteiger charge is 2.27. The highest BCUT2D eigenvalue weighted by Crippen LogP contribution is 2.39. The number of nitrogens with zero attached hydrogens (tertiary/aromatic N) is 1. The molecule has 2 aromatic carbocycles. The molecule has 0 spiro atoms. The summed E-state index contributed by atoms with van der Waals surface area (Å²) >= 11 is 3.28. The number of benzene rings is 2. The second kappa shape index (κ2) is 8.47. The van der Waals surface area contributed by atoms with Gasteiger partial charge in [-0.3, -0.25) is 14.9 Å². The number of carbonyl (C=O) groups excluding carboxylic acids is 1. The van der Waals surface area contributed by atoms with E-state index in [2.05, 4.69) is 26.0 Å². The number of alkyl halides is 2. The van der Waals surface area contributed by atoms with E-state index in [-0.39, 0.29) is 11.4 Å². The van der Waals surface area contributed by atoms with Crippen LogP contribution in [0.5, 0.6) is 23.0 Å². The van der Waals surface area contributed by atoms with Crippen molar-refractivity contribution in [3.8, 4) is 23.0 Å². The van der Waals surface area contributed by atoms with E-state index >= 15 is 0 Å². The van der Waals surface area contributed by atoms with Gasteiger partial charge in [-0.05, 0) is 15.9 Å². The first-order valence-electron chi connectivity index (χ1n) is 8.02. The first-order chi connectivity index (χ1) is 13.8. The summed E-state index contributed by atoms with van der Waals surface area (Å²) < 4.78 is 45.5. The standard InChI is InChI=1S/C17H13BrF2N2O7/c1-26-12-4-8(11(22(24)25)7-15(12)29-17(19)20)16(23)21-10-6-14-13(5-9(10)18)27-2-3-28-14/h4-7,17H,2-3H2,1H3,(H,21,23). The highest BCUT2D eigenvalue weighted by atomic mass is 79.9. The number of fused-ring (bicyclic) bond motifs is 1. The number of hydrogen-bond donors (Lipinski definition) is 1. The fraction of sp³-hybridized carbons (Fsp3) is 0.235. The molecule has 0 saturated heterocycles. The number of nitro groups is 1. The number of anilines is 1. The molecular weight excluding hydrogens is 462 g/mol. The summed E-state index contributed by atoms with van der Waals surface area (Å²) in [5.41, 5.74) is -0.872. The molecule has 0 unspecified atom stereocenters. The lowest BCUT2D eigenvalue weighted by Crippen LogP contribution is -2.17. The van der Waals surface area contributed by atoms with Crippen molar-refractivity contribution < 1.29 is 37.4 Å². The fourth-order valence-electron chi connectivity index (χ4n) is 2.58. The van der Waals surface area contributed by atoms with E-state index in [1.165, 1.54) is 6.07 Å². The zero-order chi connectivity index (χ0) is 21.1. The number of halogens is 3. The molecule has 0 aromatic heterocycles. The Hall–Kier alpha value is -3.15. The summed E-state index contributed by atoms with van der Waals surface area (Å²) in [6, 6.07) is 4.74. The van der Waals surface area contributed by atoms with E-state index in [1.54, 1.807) is 6.07 Å². The molecule has 9 nitrogen and oxygen atoms in total. The van der Waals surface area contributed by atoms with E-state index in [4.69, 9.17) is 14.2 Å². The van der Waals surface area contributed by atoms with Gasteiger partial charge in [-0.1, -0.05) is 0 Å². The van der Waals surface area contributed by atoms with Crippen LogP contribution in [0, 0.1) is 10.1 Å². The molecule has 154 valence electrons. The molecule has 0 bridgehead atoms. The van der Waals surface area contributed by atoms with Gasteiger partial charge in [0.25, 0.3) is 11.6 Å². The molecule has 12 heteroatoms. The molecule has 1 heterocycles. The maximum absolute atomic E-state index is 12.7. The smallest absolute Gasteiger partial charge is 0.387 e. The number of carbonyl (C=O) groups is 1. The molecule has 0 aliphatic carbocycles. The predicted octanol–water partition coefficient (Wildman–Crippen LogP) is 3.99. The first-order valence-corrected chi connectivity index (χ1v) is 8.81. The fourth-order valence-corrected chi connectivity index (χ4v) is 3.00. The Morgan fingerprint density at radius 3 is 2.45 bits per heavy atom. The van der Waals surface area contributed by atoms with Crippen LogP contribution in [0.4, 0.5) is 20.2 Å². The van der Waals surface area contributed by atoms with Crippen molar-refractivity contribution in [3.05, 3.63) is 44.4 Å². The molecule has 2 aromatic rings. The topological polar surface area (TPSA) is 109 Å². The van der Waals surface area contributed by atoms with Gasteiger partial charge in [0.1, 0.15) is 18.8 Å². The van der Waals surface area contributed by atoms with Gasteiger partial charge in [0.15, 0.2) is 23.0 Å². The molecule has 29 heavy (non-hydrogen) atoms. The average Bonchev–Trinajstić information content (AvgIpc) is 2.67. The summed E-state index contributed by atoms with van der Waals surface area (Å²) in [5.74, 6) is -0.825. The first kappa shape index (κ1) is 20.6. The predicted molar refractivity (Wildman–Crippen MR) is 99.4 cm³/mol. The van der Waals surface area contributed by atoms with Crippen molar-refractivity contribution in [2.24, 2.45) is 0 Å². The van der Waals surface area contributed by atoms with E-state index < -0.39 is 34.4 Å². The number of hydrogen-bond acceptors (Lipinski definition) is 7. The molecular formula is C17H13BrF2N2O7. The number of nitro benzene ring substituents is 1. The van der Waals surface area contributed by atoms with Crippen LogP contribution >= 0.6 is 15.9 Å². The summed E-state index contributed by atoms with van der Waals surface area (Å²) in [6.45, 7) is -2.52. The Bertz CT molecular complexity index is 971. The van der Waals surface area contributed by atoms with Crippen LogP contribution in [0.25, 0.3) is 0 Å². The zero-order valence-electron chi connectivity index (χ0n) is 14.7. The molecule has 1 amide bonds. The second-order valence-electron chi connectivity index (χ2n) is 5.59. The number of amides is 1. The number of rotatable bonds is 6. The highest BCUT2D eigenvalue weighted by molar-refractivity contribution is 9.10. The van der Waals surface area contributed by atoms with Crippen molar-refractivity contribution in [3.63, 3.8) is 0 Å². The summed E-state index contributed by atoms with van der Waals surface area (Å²) in [6.07, 6.45) is 0. The number of methoxy groups -OCH3 is 1. The van der Waals surface area contributed by atoms with Gasteiger partial charge in [0, 0.05) is 22.7 Å². The monoisotopic (exact) mass is 474 g/mol. The quantitative estimate of drug-likeness (QED) is 0.497. The van der Waals surface area contributed by atoms with Gasteiger partial charge in [0.05, 0.1) is 23.8 Å². The molecule has 3 rings (SSSR count). The van der Waals surface area contributed by atoms with E-state index in [0.717, 1.165) is 13.2 Å². The SMILES string of the molecule is COc1cc(C(=O)Nc2cc3c(cc2Br)OCCO3)c([N+](=O)[O-])cc1OC(F)F.